The summed E-state index contributed by atoms with van der Waals surface area (Å²) in [6.45, 7) is 0. The summed E-state index contributed by atoms with van der Waals surface area (Å²) in [5.41, 5.74) is -0.171. The van der Waals surface area contributed by atoms with Crippen LogP contribution < -0.4 is 5.32 Å². The van der Waals surface area contributed by atoms with Crippen LogP contribution in [0.3, 0.4) is 0 Å². The highest BCUT2D eigenvalue weighted by Gasteiger charge is 2.21. The quantitative estimate of drug-likeness (QED) is 0.637. The van der Waals surface area contributed by atoms with E-state index >= 15 is 0 Å². The van der Waals surface area contributed by atoms with Gasteiger partial charge in [-0.1, -0.05) is 12.8 Å². The van der Waals surface area contributed by atoms with Gasteiger partial charge in [0.15, 0.2) is 5.13 Å². The van der Waals surface area contributed by atoms with Gasteiger partial charge in [-0.15, -0.1) is 11.3 Å². The Morgan fingerprint density at radius 3 is 2.23 bits per heavy atom. The van der Waals surface area contributed by atoms with E-state index in [1.54, 1.807) is 0 Å². The Morgan fingerprint density at radius 2 is 1.62 bits per heavy atom. The van der Waals surface area contributed by atoms with Crippen molar-refractivity contribution in [2.24, 2.45) is 0 Å². The molecule has 0 bridgehead atoms. The van der Waals surface area contributed by atoms with Crippen molar-refractivity contribution in [1.29, 1.82) is 0 Å². The number of aromatic nitrogens is 1. The maximum Gasteiger partial charge on any atom is 0.277 e. The van der Waals surface area contributed by atoms with Crippen molar-refractivity contribution >= 4 is 33.8 Å². The molecule has 0 radical (unpaired) electrons. The second-order valence-corrected chi connectivity index (χ2v) is 7.09. The predicted molar refractivity (Wildman–Crippen MR) is 95.7 cm³/mol. The zero-order valence-electron chi connectivity index (χ0n) is 13.8. The lowest BCUT2D eigenvalue weighted by molar-refractivity contribution is -0.394. The first-order valence-corrected chi connectivity index (χ1v) is 8.99. The molecule has 1 N–H and O–H groups in total. The maximum absolute atomic E-state index is 12.4. The molecule has 0 unspecified atom stereocenters. The van der Waals surface area contributed by atoms with Crippen LogP contribution in [-0.4, -0.2) is 20.7 Å². The van der Waals surface area contributed by atoms with Crippen LogP contribution in [0.4, 0.5) is 16.5 Å². The minimum Gasteiger partial charge on any atom is -0.298 e. The highest BCUT2D eigenvalue weighted by Crippen LogP contribution is 2.29. The topological polar surface area (TPSA) is 128 Å². The zero-order chi connectivity index (χ0) is 18.7. The number of nitrogens with zero attached hydrogens (tertiary/aromatic N) is 3. The molecule has 0 spiro atoms. The number of thiazole rings is 1. The third-order valence-corrected chi connectivity index (χ3v) is 5.23. The summed E-state index contributed by atoms with van der Waals surface area (Å²) in [4.78, 5) is 38.4. The summed E-state index contributed by atoms with van der Waals surface area (Å²) in [7, 11) is 0. The molecular formula is C16H16N4O5S. The van der Waals surface area contributed by atoms with Crippen LogP contribution in [0.5, 0.6) is 0 Å². The fraction of sp³-hybridized carbons (Fsp3) is 0.375. The van der Waals surface area contributed by atoms with E-state index in [1.165, 1.54) is 17.8 Å². The van der Waals surface area contributed by atoms with E-state index in [4.69, 9.17) is 0 Å². The minimum absolute atomic E-state index is 0.145. The van der Waals surface area contributed by atoms with Crippen LogP contribution in [0.1, 0.15) is 46.6 Å². The van der Waals surface area contributed by atoms with Crippen molar-refractivity contribution in [2.75, 3.05) is 5.32 Å². The monoisotopic (exact) mass is 376 g/mol. The summed E-state index contributed by atoms with van der Waals surface area (Å²) in [6.07, 6.45) is 6.27. The van der Waals surface area contributed by atoms with Gasteiger partial charge in [0.1, 0.15) is 0 Å². The Balaban J connectivity index is 1.85. The molecule has 10 heteroatoms. The molecule has 1 amide bonds. The number of hydrogen-bond donors (Lipinski definition) is 1. The number of aryl methyl sites for hydroxylation is 2. The zero-order valence-corrected chi connectivity index (χ0v) is 14.6. The van der Waals surface area contributed by atoms with E-state index in [0.29, 0.717) is 5.13 Å². The average molecular weight is 376 g/mol. The number of fused-ring (bicyclic) bond motifs is 1. The standard InChI is InChI=1S/C16H16N4O5S/c21-15(10-7-11(19(22)23)9-12(8-10)20(24)25)18-16-17-13-5-3-1-2-4-6-14(13)26-16/h7-9H,1-6H2,(H,17,18,21). The van der Waals surface area contributed by atoms with Crippen molar-refractivity contribution in [3.63, 3.8) is 0 Å². The highest BCUT2D eigenvalue weighted by molar-refractivity contribution is 7.15. The average Bonchev–Trinajstić information content (AvgIpc) is 2.95. The van der Waals surface area contributed by atoms with Crippen molar-refractivity contribution in [1.82, 2.24) is 4.98 Å². The molecule has 1 heterocycles. The summed E-state index contributed by atoms with van der Waals surface area (Å²) in [5, 5.41) is 24.9. The number of amides is 1. The molecule has 3 rings (SSSR count). The van der Waals surface area contributed by atoms with Crippen molar-refractivity contribution in [3.8, 4) is 0 Å². The van der Waals surface area contributed by atoms with Crippen LogP contribution in [0.2, 0.25) is 0 Å². The minimum atomic E-state index is -0.765. The first-order chi connectivity index (χ1) is 12.4. The van der Waals surface area contributed by atoms with Gasteiger partial charge in [0.2, 0.25) is 0 Å². The smallest absolute Gasteiger partial charge is 0.277 e. The molecule has 0 fully saturated rings. The molecular weight excluding hydrogens is 360 g/mol. The second-order valence-electron chi connectivity index (χ2n) is 6.01. The van der Waals surface area contributed by atoms with E-state index < -0.39 is 27.1 Å². The van der Waals surface area contributed by atoms with Crippen LogP contribution in [0.15, 0.2) is 18.2 Å². The number of anilines is 1. The molecule has 0 aliphatic heterocycles. The highest BCUT2D eigenvalue weighted by atomic mass is 32.1. The van der Waals surface area contributed by atoms with Gasteiger partial charge < -0.3 is 0 Å². The number of nitrogens with one attached hydrogen (secondary N) is 1. The fourth-order valence-corrected chi connectivity index (χ4v) is 3.91. The van der Waals surface area contributed by atoms with Crippen molar-refractivity contribution < 1.29 is 14.6 Å². The van der Waals surface area contributed by atoms with Gasteiger partial charge in [0, 0.05) is 17.0 Å². The lowest BCUT2D eigenvalue weighted by Crippen LogP contribution is -2.12. The Hall–Kier alpha value is -2.88. The molecule has 26 heavy (non-hydrogen) atoms. The third-order valence-electron chi connectivity index (χ3n) is 4.15. The summed E-state index contributed by atoms with van der Waals surface area (Å²) in [6, 6.07) is 2.86. The van der Waals surface area contributed by atoms with Gasteiger partial charge in [-0.05, 0) is 25.7 Å². The molecule has 1 aromatic heterocycles. The normalized spacial score (nSPS) is 14.0. The maximum atomic E-state index is 12.4. The van der Waals surface area contributed by atoms with Crippen LogP contribution in [0, 0.1) is 20.2 Å². The molecule has 1 aromatic carbocycles. The van der Waals surface area contributed by atoms with Gasteiger partial charge in [-0.2, -0.15) is 0 Å². The van der Waals surface area contributed by atoms with Crippen LogP contribution in [0.25, 0.3) is 0 Å². The van der Waals surface area contributed by atoms with Crippen molar-refractivity contribution in [2.45, 2.75) is 38.5 Å². The summed E-state index contributed by atoms with van der Waals surface area (Å²) in [5.74, 6) is -0.654. The molecule has 136 valence electrons. The Kier molecular flexibility index (Phi) is 5.21. The number of carbonyl (C=O) groups is 1. The van der Waals surface area contributed by atoms with E-state index in [9.17, 15) is 25.0 Å². The Morgan fingerprint density at radius 1 is 1.00 bits per heavy atom. The van der Waals surface area contributed by atoms with E-state index in [2.05, 4.69) is 10.3 Å². The third kappa shape index (κ3) is 4.02. The first kappa shape index (κ1) is 17.9. The molecule has 9 nitrogen and oxygen atoms in total. The number of nitro benzene ring substituents is 2. The lowest BCUT2D eigenvalue weighted by Gasteiger charge is -2.06. The van der Waals surface area contributed by atoms with E-state index in [1.807, 2.05) is 0 Å². The number of carbonyl (C=O) groups excluding carboxylic acids is 1. The van der Waals surface area contributed by atoms with Gasteiger partial charge >= 0.3 is 0 Å². The Labute approximate surface area is 152 Å². The molecule has 1 aliphatic rings. The molecule has 0 saturated heterocycles. The van der Waals surface area contributed by atoms with Gasteiger partial charge in [0.25, 0.3) is 17.3 Å². The number of benzene rings is 1. The Bertz CT molecular complexity index is 822. The first-order valence-electron chi connectivity index (χ1n) is 8.18. The number of non-ortho nitro benzene ring substituents is 2. The number of rotatable bonds is 4. The summed E-state index contributed by atoms with van der Waals surface area (Å²) < 4.78 is 0. The SMILES string of the molecule is O=C(Nc1nc2c(s1)CCCCCC2)c1cc([N+](=O)[O-])cc([N+](=O)[O-])c1. The van der Waals surface area contributed by atoms with Crippen molar-refractivity contribution in [3.05, 3.63) is 54.6 Å². The van der Waals surface area contributed by atoms with Crippen LogP contribution >= 0.6 is 11.3 Å². The number of hydrogen-bond acceptors (Lipinski definition) is 7. The lowest BCUT2D eigenvalue weighted by atomic mass is 10.0. The van der Waals surface area contributed by atoms with E-state index in [0.717, 1.165) is 60.9 Å². The van der Waals surface area contributed by atoms with Gasteiger partial charge in [-0.3, -0.25) is 30.3 Å². The van der Waals surface area contributed by atoms with E-state index in [-0.39, 0.29) is 5.56 Å². The van der Waals surface area contributed by atoms with Crippen LogP contribution in [-0.2, 0) is 12.8 Å². The molecule has 0 atom stereocenters. The second kappa shape index (κ2) is 7.56. The molecule has 0 saturated carbocycles. The fourth-order valence-electron chi connectivity index (χ4n) is 2.87. The molecule has 2 aromatic rings. The number of nitro groups is 2. The molecule has 1 aliphatic carbocycles. The van der Waals surface area contributed by atoms with Gasteiger partial charge in [0.05, 0.1) is 27.2 Å². The van der Waals surface area contributed by atoms with Gasteiger partial charge in [-0.25, -0.2) is 4.98 Å². The summed E-state index contributed by atoms with van der Waals surface area (Å²) >= 11 is 1.39. The predicted octanol–water partition coefficient (Wildman–Crippen LogP) is 3.87. The largest absolute Gasteiger partial charge is 0.298 e.